The average Bonchev–Trinajstić information content (AvgIpc) is 3.25. The molecule has 0 radical (unpaired) electrons. The fourth-order valence-corrected chi connectivity index (χ4v) is 4.82. The molecule has 0 aliphatic carbocycles. The van der Waals surface area contributed by atoms with E-state index in [1.54, 1.807) is 22.8 Å². The number of piperidine rings is 1. The minimum Gasteiger partial charge on any atom is -0.481 e. The summed E-state index contributed by atoms with van der Waals surface area (Å²) in [5.74, 6) is -1.09. The number of carbonyl (C=O) groups is 2. The lowest BCUT2D eigenvalue weighted by Gasteiger charge is -2.31. The van der Waals surface area contributed by atoms with Crippen LogP contribution in [0.3, 0.4) is 0 Å². The van der Waals surface area contributed by atoms with Crippen molar-refractivity contribution in [3.8, 4) is 5.95 Å². The Hall–Kier alpha value is -3.70. The first-order chi connectivity index (χ1) is 18.0. The molecule has 38 heavy (non-hydrogen) atoms. The van der Waals surface area contributed by atoms with E-state index in [-0.39, 0.29) is 41.1 Å². The van der Waals surface area contributed by atoms with Gasteiger partial charge in [-0.3, -0.25) is 14.2 Å². The number of Topliss-reactive ketones (excluding diaryl/α,β-unsaturated/α-hetero) is 1. The van der Waals surface area contributed by atoms with Gasteiger partial charge in [0.15, 0.2) is 5.78 Å². The number of anilines is 1. The van der Waals surface area contributed by atoms with Crippen molar-refractivity contribution in [1.29, 1.82) is 0 Å². The molecule has 1 saturated heterocycles. The molecule has 0 bridgehead atoms. The summed E-state index contributed by atoms with van der Waals surface area (Å²) in [6.07, 6.45) is -3.24. The maximum atomic E-state index is 13.5. The summed E-state index contributed by atoms with van der Waals surface area (Å²) >= 11 is 6.18. The molecule has 0 atom stereocenters. The first-order valence-electron chi connectivity index (χ1n) is 11.9. The number of aliphatic hydroxyl groups excluding tert-OH is 1. The molecule has 0 unspecified atom stereocenters. The van der Waals surface area contributed by atoms with Crippen LogP contribution in [0.15, 0.2) is 42.6 Å². The van der Waals surface area contributed by atoms with Crippen molar-refractivity contribution < 1.29 is 33.0 Å². The van der Waals surface area contributed by atoms with Gasteiger partial charge < -0.3 is 15.1 Å². The molecule has 198 valence electrons. The molecule has 5 rings (SSSR count). The Kier molecular flexibility index (Phi) is 6.74. The van der Waals surface area contributed by atoms with E-state index in [0.717, 1.165) is 12.1 Å². The van der Waals surface area contributed by atoms with Crippen LogP contribution in [-0.4, -0.2) is 55.7 Å². The minimum atomic E-state index is -4.55. The molecule has 3 heterocycles. The number of alkyl halides is 3. The summed E-state index contributed by atoms with van der Waals surface area (Å²) in [5.41, 5.74) is 0.215. The second kappa shape index (κ2) is 9.88. The zero-order valence-corrected chi connectivity index (χ0v) is 20.6. The summed E-state index contributed by atoms with van der Waals surface area (Å²) in [7, 11) is 0. The number of aliphatic hydroxyl groups is 1. The third-order valence-corrected chi connectivity index (χ3v) is 6.84. The average molecular weight is 547 g/mol. The number of rotatable bonds is 6. The molecule has 1 aliphatic rings. The third-order valence-electron chi connectivity index (χ3n) is 6.60. The van der Waals surface area contributed by atoms with E-state index >= 15 is 0 Å². The standard InChI is InChI=1S/C26H22ClF3N4O4/c27-15-2-4-21-17(12-15)19(22(36)5-6-23(37)38)13-34(21)25-31-20-3-1-14(26(28,29)30)11-18(20)24(32-25)33-9-7-16(35)8-10-33/h1-4,11-13,16,35H,5-10H2,(H,37,38). The zero-order valence-electron chi connectivity index (χ0n) is 19.9. The highest BCUT2D eigenvalue weighted by Gasteiger charge is 2.32. The van der Waals surface area contributed by atoms with Crippen LogP contribution < -0.4 is 4.90 Å². The van der Waals surface area contributed by atoms with Gasteiger partial charge in [-0.2, -0.15) is 18.2 Å². The number of hydrogen-bond donors (Lipinski definition) is 2. The lowest BCUT2D eigenvalue weighted by Crippen LogP contribution is -2.36. The molecule has 1 fully saturated rings. The second-order valence-corrected chi connectivity index (χ2v) is 9.62. The van der Waals surface area contributed by atoms with E-state index in [0.29, 0.717) is 41.9 Å². The highest BCUT2D eigenvalue weighted by atomic mass is 35.5. The Balaban J connectivity index is 1.70. The molecule has 1 aliphatic heterocycles. The van der Waals surface area contributed by atoms with Crippen molar-refractivity contribution in [1.82, 2.24) is 14.5 Å². The van der Waals surface area contributed by atoms with Crippen LogP contribution in [0.1, 0.15) is 41.6 Å². The van der Waals surface area contributed by atoms with Gasteiger partial charge in [0.05, 0.1) is 29.1 Å². The van der Waals surface area contributed by atoms with Gasteiger partial charge in [-0.05, 0) is 49.2 Å². The van der Waals surface area contributed by atoms with Gasteiger partial charge in [-0.1, -0.05) is 11.6 Å². The fourth-order valence-electron chi connectivity index (χ4n) is 4.65. The number of benzene rings is 2. The van der Waals surface area contributed by atoms with Crippen molar-refractivity contribution in [2.75, 3.05) is 18.0 Å². The van der Waals surface area contributed by atoms with E-state index in [1.807, 2.05) is 4.90 Å². The lowest BCUT2D eigenvalue weighted by molar-refractivity contribution is -0.138. The maximum Gasteiger partial charge on any atom is 0.416 e. The molecule has 4 aromatic rings. The predicted molar refractivity (Wildman–Crippen MR) is 135 cm³/mol. The minimum absolute atomic E-state index is 0.128. The number of fused-ring (bicyclic) bond motifs is 2. The Morgan fingerprint density at radius 3 is 2.45 bits per heavy atom. The van der Waals surface area contributed by atoms with Crippen molar-refractivity contribution in [2.24, 2.45) is 0 Å². The van der Waals surface area contributed by atoms with Crippen LogP contribution in [0.5, 0.6) is 0 Å². The van der Waals surface area contributed by atoms with E-state index in [2.05, 4.69) is 9.97 Å². The fraction of sp³-hybridized carbons (Fsp3) is 0.308. The van der Waals surface area contributed by atoms with E-state index < -0.39 is 29.6 Å². The van der Waals surface area contributed by atoms with Gasteiger partial charge in [-0.25, -0.2) is 4.98 Å². The molecule has 12 heteroatoms. The van der Waals surface area contributed by atoms with Gasteiger partial charge in [-0.15, -0.1) is 0 Å². The Labute approximate surface area is 219 Å². The van der Waals surface area contributed by atoms with Gasteiger partial charge in [0.2, 0.25) is 5.95 Å². The Morgan fingerprint density at radius 1 is 1.03 bits per heavy atom. The largest absolute Gasteiger partial charge is 0.481 e. The Morgan fingerprint density at radius 2 is 1.76 bits per heavy atom. The van der Waals surface area contributed by atoms with E-state index in [4.69, 9.17) is 16.7 Å². The van der Waals surface area contributed by atoms with E-state index in [1.165, 1.54) is 12.3 Å². The summed E-state index contributed by atoms with van der Waals surface area (Å²) < 4.78 is 42.1. The number of aromatic nitrogens is 3. The number of nitrogens with zero attached hydrogens (tertiary/aromatic N) is 4. The van der Waals surface area contributed by atoms with Crippen LogP contribution in [0, 0.1) is 0 Å². The molecule has 2 aromatic heterocycles. The van der Waals surface area contributed by atoms with Gasteiger partial charge in [0.25, 0.3) is 0 Å². The third kappa shape index (κ3) is 5.03. The quantitative estimate of drug-likeness (QED) is 0.318. The van der Waals surface area contributed by atoms with Crippen LogP contribution >= 0.6 is 11.6 Å². The van der Waals surface area contributed by atoms with Crippen LogP contribution in [0.25, 0.3) is 27.8 Å². The molecule has 0 saturated carbocycles. The van der Waals surface area contributed by atoms with Gasteiger partial charge >= 0.3 is 12.1 Å². The summed E-state index contributed by atoms with van der Waals surface area (Å²) in [5, 5.41) is 20.0. The highest BCUT2D eigenvalue weighted by molar-refractivity contribution is 6.31. The van der Waals surface area contributed by atoms with Crippen molar-refractivity contribution >= 4 is 51.0 Å². The monoisotopic (exact) mass is 546 g/mol. The van der Waals surface area contributed by atoms with Crippen molar-refractivity contribution in [3.63, 3.8) is 0 Å². The van der Waals surface area contributed by atoms with Crippen molar-refractivity contribution in [2.45, 2.75) is 38.0 Å². The first kappa shape index (κ1) is 25.9. The maximum absolute atomic E-state index is 13.5. The van der Waals surface area contributed by atoms with Crippen LogP contribution in [0.4, 0.5) is 19.0 Å². The SMILES string of the molecule is O=C(O)CCC(=O)c1cn(-c2nc(N3CCC(O)CC3)c3cc(C(F)(F)F)ccc3n2)c2ccc(Cl)cc12. The van der Waals surface area contributed by atoms with Crippen LogP contribution in [0.2, 0.25) is 5.02 Å². The number of carbonyl (C=O) groups excluding carboxylic acids is 1. The number of hydrogen-bond acceptors (Lipinski definition) is 6. The molecular weight excluding hydrogens is 525 g/mol. The number of aliphatic carboxylic acids is 1. The number of carboxylic acid groups (broad SMARTS) is 1. The summed E-state index contributed by atoms with van der Waals surface area (Å²) in [6.45, 7) is 0.786. The Bertz CT molecular complexity index is 1560. The molecule has 0 spiro atoms. The smallest absolute Gasteiger partial charge is 0.416 e. The molecular formula is C26H22ClF3N4O4. The lowest BCUT2D eigenvalue weighted by atomic mass is 10.1. The van der Waals surface area contributed by atoms with Crippen LogP contribution in [-0.2, 0) is 11.0 Å². The van der Waals surface area contributed by atoms with Gasteiger partial charge in [0.1, 0.15) is 5.82 Å². The number of carboxylic acids is 1. The molecule has 0 amide bonds. The van der Waals surface area contributed by atoms with Crippen molar-refractivity contribution in [3.05, 3.63) is 58.7 Å². The summed E-state index contributed by atoms with van der Waals surface area (Å²) in [4.78, 5) is 34.9. The zero-order chi connectivity index (χ0) is 27.2. The molecule has 8 nitrogen and oxygen atoms in total. The highest BCUT2D eigenvalue weighted by Crippen LogP contribution is 2.36. The number of ketones is 1. The topological polar surface area (TPSA) is 109 Å². The number of halogens is 4. The normalized spacial score (nSPS) is 14.9. The second-order valence-electron chi connectivity index (χ2n) is 9.19. The molecule has 2 aromatic carbocycles. The molecule has 2 N–H and O–H groups in total. The van der Waals surface area contributed by atoms with Gasteiger partial charge in [0, 0.05) is 47.1 Å². The first-order valence-corrected chi connectivity index (χ1v) is 12.3. The predicted octanol–water partition coefficient (Wildman–Crippen LogP) is 5.25. The summed E-state index contributed by atoms with van der Waals surface area (Å²) in [6, 6.07) is 8.14. The van der Waals surface area contributed by atoms with E-state index in [9.17, 15) is 27.9 Å².